The van der Waals surface area contributed by atoms with Gasteiger partial charge in [0.1, 0.15) is 17.2 Å². The van der Waals surface area contributed by atoms with Gasteiger partial charge in [0.05, 0.1) is 28.3 Å². The fourth-order valence-corrected chi connectivity index (χ4v) is 4.92. The van der Waals surface area contributed by atoms with Crippen molar-refractivity contribution in [3.8, 4) is 17.0 Å². The number of aryl methyl sites for hydroxylation is 1. The molecule has 0 aliphatic carbocycles. The molecule has 1 fully saturated rings. The van der Waals surface area contributed by atoms with Crippen LogP contribution in [0.1, 0.15) is 34.1 Å². The standard InChI is InChI=1S/C29H36N6O4/c1-7-20-17-34(12-13-35(20)28(36)39-29(2,3)4)27-11-10-23-24(31-27)9-8-22(30-23)21-14-19-16-33(5)32-25(19)15-26(21)38-18-37-6/h8-11,14-16,20H,7,12-13,17-18H2,1-6H3. The van der Waals surface area contributed by atoms with Crippen LogP contribution in [0.25, 0.3) is 33.2 Å². The molecule has 1 atom stereocenters. The lowest BCUT2D eigenvalue weighted by atomic mass is 10.1. The maximum absolute atomic E-state index is 12.7. The van der Waals surface area contributed by atoms with Crippen LogP contribution in [0.15, 0.2) is 42.6 Å². The number of hydrogen-bond donors (Lipinski definition) is 0. The monoisotopic (exact) mass is 532 g/mol. The molecule has 1 aliphatic rings. The number of methoxy groups -OCH3 is 1. The Morgan fingerprint density at radius 3 is 2.56 bits per heavy atom. The smallest absolute Gasteiger partial charge is 0.410 e. The van der Waals surface area contributed by atoms with Gasteiger partial charge in [-0.05, 0) is 57.5 Å². The molecule has 0 bridgehead atoms. The minimum absolute atomic E-state index is 0.0551. The zero-order valence-electron chi connectivity index (χ0n) is 23.5. The Morgan fingerprint density at radius 1 is 1.05 bits per heavy atom. The topological polar surface area (TPSA) is 94.8 Å². The van der Waals surface area contributed by atoms with Crippen LogP contribution in [-0.2, 0) is 16.5 Å². The SMILES string of the molecule is CCC1CN(c2ccc3nc(-c4cc5cn(C)nc5cc4OCOC)ccc3n2)CCN1C(=O)OC(C)(C)C. The molecule has 4 aromatic rings. The molecule has 5 rings (SSSR count). The van der Waals surface area contributed by atoms with Crippen LogP contribution in [0.4, 0.5) is 10.6 Å². The molecule has 39 heavy (non-hydrogen) atoms. The molecule has 0 radical (unpaired) electrons. The van der Waals surface area contributed by atoms with Crippen molar-refractivity contribution in [2.24, 2.45) is 7.05 Å². The van der Waals surface area contributed by atoms with E-state index in [1.54, 1.807) is 11.8 Å². The Labute approximate surface area is 228 Å². The number of carbonyl (C=O) groups is 1. The highest BCUT2D eigenvalue weighted by Gasteiger charge is 2.33. The molecule has 206 valence electrons. The molecule has 10 nitrogen and oxygen atoms in total. The number of piperazine rings is 1. The number of ether oxygens (including phenoxy) is 3. The number of hydrogen-bond acceptors (Lipinski definition) is 8. The fourth-order valence-electron chi connectivity index (χ4n) is 4.92. The van der Waals surface area contributed by atoms with E-state index in [4.69, 9.17) is 24.2 Å². The molecule has 10 heteroatoms. The Balaban J connectivity index is 1.40. The zero-order chi connectivity index (χ0) is 27.7. The van der Waals surface area contributed by atoms with E-state index >= 15 is 0 Å². The normalized spacial score (nSPS) is 16.2. The summed E-state index contributed by atoms with van der Waals surface area (Å²) in [4.78, 5) is 26.7. The van der Waals surface area contributed by atoms with Gasteiger partial charge in [0.2, 0.25) is 0 Å². The quantitative estimate of drug-likeness (QED) is 0.320. The number of fused-ring (bicyclic) bond motifs is 2. The lowest BCUT2D eigenvalue weighted by Crippen LogP contribution is -2.56. The van der Waals surface area contributed by atoms with Crippen LogP contribution in [0.3, 0.4) is 0 Å². The van der Waals surface area contributed by atoms with Crippen molar-refractivity contribution < 1.29 is 19.0 Å². The summed E-state index contributed by atoms with van der Waals surface area (Å²) in [5, 5.41) is 5.50. The van der Waals surface area contributed by atoms with Crippen molar-refractivity contribution in [2.45, 2.75) is 45.8 Å². The lowest BCUT2D eigenvalue weighted by molar-refractivity contribution is 0.0136. The number of anilines is 1. The number of rotatable bonds is 6. The molecule has 1 aromatic carbocycles. The number of aromatic nitrogens is 4. The first kappa shape index (κ1) is 26.7. The molecular weight excluding hydrogens is 496 g/mol. The Hall–Kier alpha value is -3.92. The van der Waals surface area contributed by atoms with E-state index in [1.165, 1.54) is 0 Å². The van der Waals surface area contributed by atoms with E-state index in [0.717, 1.165) is 45.4 Å². The van der Waals surface area contributed by atoms with Gasteiger partial charge in [-0.15, -0.1) is 0 Å². The largest absolute Gasteiger partial charge is 0.467 e. The maximum atomic E-state index is 12.7. The van der Waals surface area contributed by atoms with Crippen molar-refractivity contribution in [3.63, 3.8) is 0 Å². The zero-order valence-corrected chi connectivity index (χ0v) is 23.5. The minimum atomic E-state index is -0.515. The molecule has 3 aromatic heterocycles. The summed E-state index contributed by atoms with van der Waals surface area (Å²) in [6, 6.07) is 12.0. The van der Waals surface area contributed by atoms with Gasteiger partial charge in [0.15, 0.2) is 6.79 Å². The molecule has 0 N–H and O–H groups in total. The third-order valence-corrected chi connectivity index (χ3v) is 6.76. The minimum Gasteiger partial charge on any atom is -0.467 e. The molecule has 1 aliphatic heterocycles. The second kappa shape index (κ2) is 10.7. The van der Waals surface area contributed by atoms with Gasteiger partial charge in [-0.3, -0.25) is 4.68 Å². The fraction of sp³-hybridized carbons (Fsp3) is 0.448. The van der Waals surface area contributed by atoms with E-state index in [9.17, 15) is 4.79 Å². The summed E-state index contributed by atoms with van der Waals surface area (Å²) in [7, 11) is 3.49. The predicted molar refractivity (Wildman–Crippen MR) is 151 cm³/mol. The summed E-state index contributed by atoms with van der Waals surface area (Å²) in [6.45, 7) is 9.88. The molecule has 1 saturated heterocycles. The summed E-state index contributed by atoms with van der Waals surface area (Å²) in [5.74, 6) is 1.54. The first-order valence-electron chi connectivity index (χ1n) is 13.3. The Bertz CT molecular complexity index is 1490. The summed E-state index contributed by atoms with van der Waals surface area (Å²) >= 11 is 0. The summed E-state index contributed by atoms with van der Waals surface area (Å²) in [5.41, 5.74) is 3.57. The third-order valence-electron chi connectivity index (χ3n) is 6.76. The first-order chi connectivity index (χ1) is 18.6. The van der Waals surface area contributed by atoms with Gasteiger partial charge < -0.3 is 24.0 Å². The third kappa shape index (κ3) is 5.75. The van der Waals surface area contributed by atoms with Crippen LogP contribution in [0, 0.1) is 0 Å². The highest BCUT2D eigenvalue weighted by Crippen LogP contribution is 2.34. The average molecular weight is 533 g/mol. The number of nitrogens with zero attached hydrogens (tertiary/aromatic N) is 6. The highest BCUT2D eigenvalue weighted by molar-refractivity contribution is 5.89. The van der Waals surface area contributed by atoms with Gasteiger partial charge in [0.25, 0.3) is 0 Å². The van der Waals surface area contributed by atoms with Crippen LogP contribution >= 0.6 is 0 Å². The van der Waals surface area contributed by atoms with E-state index in [0.29, 0.717) is 25.4 Å². The molecule has 1 unspecified atom stereocenters. The van der Waals surface area contributed by atoms with Crippen molar-refractivity contribution in [2.75, 3.05) is 38.4 Å². The average Bonchev–Trinajstić information content (AvgIpc) is 3.28. The van der Waals surface area contributed by atoms with Crippen molar-refractivity contribution in [3.05, 3.63) is 42.6 Å². The lowest BCUT2D eigenvalue weighted by Gasteiger charge is -2.42. The molecule has 4 heterocycles. The molecule has 1 amide bonds. The van der Waals surface area contributed by atoms with Crippen LogP contribution in [-0.4, -0.2) is 75.9 Å². The number of amides is 1. The first-order valence-corrected chi connectivity index (χ1v) is 13.3. The van der Waals surface area contributed by atoms with Crippen molar-refractivity contribution >= 4 is 33.8 Å². The van der Waals surface area contributed by atoms with E-state index in [-0.39, 0.29) is 18.9 Å². The Kier molecular flexibility index (Phi) is 7.31. The molecule has 0 spiro atoms. The van der Waals surface area contributed by atoms with Crippen LogP contribution in [0.5, 0.6) is 5.75 Å². The highest BCUT2D eigenvalue weighted by atomic mass is 16.7. The van der Waals surface area contributed by atoms with Crippen LogP contribution < -0.4 is 9.64 Å². The van der Waals surface area contributed by atoms with E-state index in [2.05, 4.69) is 16.9 Å². The van der Waals surface area contributed by atoms with Gasteiger partial charge in [-0.1, -0.05) is 6.92 Å². The molecular formula is C29H36N6O4. The second-order valence-corrected chi connectivity index (χ2v) is 10.8. The van der Waals surface area contributed by atoms with Gasteiger partial charge in [-0.25, -0.2) is 14.8 Å². The van der Waals surface area contributed by atoms with Gasteiger partial charge in [-0.2, -0.15) is 5.10 Å². The Morgan fingerprint density at radius 2 is 1.82 bits per heavy atom. The van der Waals surface area contributed by atoms with Crippen molar-refractivity contribution in [1.29, 1.82) is 0 Å². The number of benzene rings is 1. The van der Waals surface area contributed by atoms with E-state index in [1.807, 2.05) is 75.3 Å². The summed E-state index contributed by atoms with van der Waals surface area (Å²) < 4.78 is 18.4. The van der Waals surface area contributed by atoms with Crippen molar-refractivity contribution in [1.82, 2.24) is 24.6 Å². The summed E-state index contributed by atoms with van der Waals surface area (Å²) in [6.07, 6.45) is 2.55. The number of carbonyl (C=O) groups excluding carboxylic acids is 1. The predicted octanol–water partition coefficient (Wildman–Crippen LogP) is 5.00. The number of pyridine rings is 2. The molecule has 0 saturated carbocycles. The van der Waals surface area contributed by atoms with Gasteiger partial charge >= 0.3 is 6.09 Å². The second-order valence-electron chi connectivity index (χ2n) is 10.8. The maximum Gasteiger partial charge on any atom is 0.410 e. The van der Waals surface area contributed by atoms with Gasteiger partial charge in [0, 0.05) is 57.0 Å². The van der Waals surface area contributed by atoms with E-state index < -0.39 is 5.60 Å². The van der Waals surface area contributed by atoms with Crippen LogP contribution in [0.2, 0.25) is 0 Å².